The summed E-state index contributed by atoms with van der Waals surface area (Å²) in [5, 5.41) is 10.4. The second kappa shape index (κ2) is 8.71. The molecular weight excluding hydrogens is 433 g/mol. The van der Waals surface area contributed by atoms with Crippen LogP contribution < -0.4 is 31.0 Å². The van der Waals surface area contributed by atoms with Gasteiger partial charge in [-0.25, -0.2) is 14.8 Å². The van der Waals surface area contributed by atoms with Crippen molar-refractivity contribution in [3.63, 3.8) is 0 Å². The van der Waals surface area contributed by atoms with Gasteiger partial charge in [0.15, 0.2) is 17.1 Å². The van der Waals surface area contributed by atoms with Gasteiger partial charge in [0, 0.05) is 32.4 Å². The first kappa shape index (κ1) is 21.2. The van der Waals surface area contributed by atoms with Gasteiger partial charge >= 0.3 is 0 Å². The van der Waals surface area contributed by atoms with E-state index in [-0.39, 0.29) is 23.6 Å². The molecule has 2 aliphatic rings. The molecule has 0 spiro atoms. The number of fused-ring (bicyclic) bond motifs is 2. The second-order valence-corrected chi connectivity index (χ2v) is 7.73. The minimum atomic E-state index is -0.475. The molecule has 1 aliphatic carbocycles. The molecule has 0 radical (unpaired) electrons. The number of nitrogens with zero attached hydrogens (tertiary/aromatic N) is 3. The van der Waals surface area contributed by atoms with Crippen molar-refractivity contribution in [2.45, 2.75) is 25.0 Å². The number of carbonyl (C=O) groups is 1. The van der Waals surface area contributed by atoms with Crippen molar-refractivity contribution in [2.24, 2.45) is 0 Å². The highest BCUT2D eigenvalue weighted by Gasteiger charge is 2.31. The van der Waals surface area contributed by atoms with Gasteiger partial charge in [0.1, 0.15) is 36.2 Å². The molecule has 174 valence electrons. The number of carbonyl (C=O) groups excluding carboxylic acids is 1. The highest BCUT2D eigenvalue weighted by atomic mass is 19.1. The molecule has 2 aromatic heterocycles. The number of hydrogen-bond donors (Lipinski definition) is 4. The summed E-state index contributed by atoms with van der Waals surface area (Å²) in [5.74, 6) is 0.819. The van der Waals surface area contributed by atoms with E-state index in [0.29, 0.717) is 47.7 Å². The Labute approximate surface area is 188 Å². The Morgan fingerprint density at radius 3 is 2.85 bits per heavy atom. The maximum absolute atomic E-state index is 14.1. The Kier molecular flexibility index (Phi) is 5.60. The van der Waals surface area contributed by atoms with Crippen molar-refractivity contribution in [3.05, 3.63) is 35.8 Å². The number of amides is 1. The van der Waals surface area contributed by atoms with Gasteiger partial charge in [0.2, 0.25) is 0 Å². The summed E-state index contributed by atoms with van der Waals surface area (Å²) in [4.78, 5) is 17.4. The minimum absolute atomic E-state index is 0.0558. The van der Waals surface area contributed by atoms with Crippen molar-refractivity contribution in [3.8, 4) is 11.5 Å². The van der Waals surface area contributed by atoms with Gasteiger partial charge in [0.05, 0.1) is 24.0 Å². The molecule has 3 heterocycles. The lowest BCUT2D eigenvalue weighted by Crippen LogP contribution is -2.55. The van der Waals surface area contributed by atoms with Gasteiger partial charge in [-0.2, -0.15) is 9.61 Å². The summed E-state index contributed by atoms with van der Waals surface area (Å²) in [6.07, 6.45) is 3.37. The largest absolute Gasteiger partial charge is 0.486 e. The predicted molar refractivity (Wildman–Crippen MR) is 118 cm³/mol. The number of methoxy groups -OCH3 is 1. The number of rotatable bonds is 7. The standard InChI is InChI=1S/C21H24FN7O4/c1-23-18-9-17(25-14-7-11(22)8-16-19(14)33-6-5-32-16)26-20-12(10-24-29(18)20)21(30)28-27-13-3-4-15(13)31-2/h7-10,13,15,23,27H,3-6H2,1-2H3,(H,25,26)(H,28,30)/t13-,15+/m1/s1. The number of anilines is 3. The van der Waals surface area contributed by atoms with Crippen molar-refractivity contribution in [1.82, 2.24) is 25.4 Å². The fourth-order valence-corrected chi connectivity index (χ4v) is 3.86. The predicted octanol–water partition coefficient (Wildman–Crippen LogP) is 1.84. The van der Waals surface area contributed by atoms with Crippen LogP contribution in [0.5, 0.6) is 11.5 Å². The van der Waals surface area contributed by atoms with Gasteiger partial charge in [-0.15, -0.1) is 0 Å². The van der Waals surface area contributed by atoms with Crippen LogP contribution in [-0.4, -0.2) is 60.0 Å². The fraction of sp³-hybridized carbons (Fsp3) is 0.381. The van der Waals surface area contributed by atoms with Gasteiger partial charge < -0.3 is 24.8 Å². The van der Waals surface area contributed by atoms with E-state index >= 15 is 0 Å². The Morgan fingerprint density at radius 2 is 2.09 bits per heavy atom. The van der Waals surface area contributed by atoms with Crippen molar-refractivity contribution in [2.75, 3.05) is 38.0 Å². The highest BCUT2D eigenvalue weighted by Crippen LogP contribution is 2.40. The molecule has 1 fully saturated rings. The topological polar surface area (TPSA) is 123 Å². The number of halogens is 1. The Bertz CT molecular complexity index is 1200. The maximum atomic E-state index is 14.1. The average molecular weight is 457 g/mol. The number of hydrazine groups is 1. The van der Waals surface area contributed by atoms with Crippen LogP contribution in [0.3, 0.4) is 0 Å². The first-order chi connectivity index (χ1) is 16.1. The summed E-state index contributed by atoms with van der Waals surface area (Å²) < 4.78 is 32.1. The molecule has 4 N–H and O–H groups in total. The Hall–Kier alpha value is -3.64. The summed E-state index contributed by atoms with van der Waals surface area (Å²) >= 11 is 0. The van der Waals surface area contributed by atoms with Crippen LogP contribution in [0.1, 0.15) is 23.2 Å². The maximum Gasteiger partial charge on any atom is 0.270 e. The van der Waals surface area contributed by atoms with Crippen LogP contribution in [0.15, 0.2) is 24.4 Å². The quantitative estimate of drug-likeness (QED) is 0.394. The lowest BCUT2D eigenvalue weighted by atomic mass is 9.90. The third kappa shape index (κ3) is 3.98. The zero-order chi connectivity index (χ0) is 22.9. The van der Waals surface area contributed by atoms with Crippen LogP contribution in [0.2, 0.25) is 0 Å². The zero-order valence-corrected chi connectivity index (χ0v) is 18.1. The molecule has 1 amide bonds. The molecule has 1 saturated carbocycles. The van der Waals surface area contributed by atoms with E-state index in [2.05, 4.69) is 31.6 Å². The molecule has 1 aromatic carbocycles. The molecular formula is C21H24FN7O4. The van der Waals surface area contributed by atoms with Crippen LogP contribution in [-0.2, 0) is 4.74 Å². The third-order valence-corrected chi connectivity index (χ3v) is 5.73. The molecule has 5 rings (SSSR count). The van der Waals surface area contributed by atoms with E-state index in [0.717, 1.165) is 12.8 Å². The highest BCUT2D eigenvalue weighted by molar-refractivity contribution is 5.99. The smallest absolute Gasteiger partial charge is 0.270 e. The summed E-state index contributed by atoms with van der Waals surface area (Å²) in [6, 6.07) is 4.33. The van der Waals surface area contributed by atoms with E-state index in [9.17, 15) is 9.18 Å². The number of hydrogen-bond acceptors (Lipinski definition) is 9. The first-order valence-corrected chi connectivity index (χ1v) is 10.6. The molecule has 11 nitrogen and oxygen atoms in total. The average Bonchev–Trinajstić information content (AvgIpc) is 3.22. The molecule has 2 atom stereocenters. The molecule has 1 aliphatic heterocycles. The number of nitrogens with one attached hydrogen (secondary N) is 4. The Morgan fingerprint density at radius 1 is 1.24 bits per heavy atom. The molecule has 0 unspecified atom stereocenters. The van der Waals surface area contributed by atoms with Crippen LogP contribution in [0, 0.1) is 5.82 Å². The summed E-state index contributed by atoms with van der Waals surface area (Å²) in [7, 11) is 3.38. The third-order valence-electron chi connectivity index (χ3n) is 5.73. The van der Waals surface area contributed by atoms with Crippen molar-refractivity contribution < 1.29 is 23.4 Å². The lowest BCUT2D eigenvalue weighted by molar-refractivity contribution is 0.00166. The second-order valence-electron chi connectivity index (χ2n) is 7.73. The SMILES string of the molecule is CNc1cc(Nc2cc(F)cc3c2OCCO3)nc2c(C(=O)NN[C@@H]3CC[C@@H]3OC)cnn12. The number of benzene rings is 1. The molecule has 33 heavy (non-hydrogen) atoms. The zero-order valence-electron chi connectivity index (χ0n) is 18.1. The van der Waals surface area contributed by atoms with Crippen molar-refractivity contribution >= 4 is 28.9 Å². The Balaban J connectivity index is 1.44. The van der Waals surface area contributed by atoms with Gasteiger partial charge in [-0.05, 0) is 12.8 Å². The normalized spacial score (nSPS) is 19.1. The number of aromatic nitrogens is 3. The van der Waals surface area contributed by atoms with Crippen molar-refractivity contribution in [1.29, 1.82) is 0 Å². The monoisotopic (exact) mass is 457 g/mol. The molecule has 0 saturated heterocycles. The molecule has 3 aromatic rings. The van der Waals surface area contributed by atoms with Gasteiger partial charge in [0.25, 0.3) is 5.91 Å². The van der Waals surface area contributed by atoms with E-state index in [4.69, 9.17) is 14.2 Å². The molecule has 0 bridgehead atoms. The van der Waals surface area contributed by atoms with E-state index < -0.39 is 5.82 Å². The van der Waals surface area contributed by atoms with Gasteiger partial charge in [-0.1, -0.05) is 0 Å². The van der Waals surface area contributed by atoms with Crippen LogP contribution >= 0.6 is 0 Å². The molecule has 12 heteroatoms. The summed E-state index contributed by atoms with van der Waals surface area (Å²) in [6.45, 7) is 0.699. The fourth-order valence-electron chi connectivity index (χ4n) is 3.86. The lowest BCUT2D eigenvalue weighted by Gasteiger charge is -2.35. The van der Waals surface area contributed by atoms with Gasteiger partial charge in [-0.3, -0.25) is 10.2 Å². The summed E-state index contributed by atoms with van der Waals surface area (Å²) in [5.41, 5.74) is 6.68. The van der Waals surface area contributed by atoms with E-state index in [1.165, 1.54) is 22.8 Å². The van der Waals surface area contributed by atoms with Crippen LogP contribution in [0.4, 0.5) is 21.7 Å². The van der Waals surface area contributed by atoms with E-state index in [1.807, 2.05) is 0 Å². The first-order valence-electron chi connectivity index (χ1n) is 10.6. The van der Waals surface area contributed by atoms with E-state index in [1.54, 1.807) is 20.2 Å². The van der Waals surface area contributed by atoms with Crippen LogP contribution in [0.25, 0.3) is 5.65 Å². The minimum Gasteiger partial charge on any atom is -0.486 e. The number of ether oxygens (including phenoxy) is 3.